The van der Waals surface area contributed by atoms with E-state index in [2.05, 4.69) is 55.9 Å². The van der Waals surface area contributed by atoms with Crippen molar-refractivity contribution in [2.24, 2.45) is 7.05 Å². The lowest BCUT2D eigenvalue weighted by Gasteiger charge is -2.01. The molecule has 0 saturated heterocycles. The van der Waals surface area contributed by atoms with Gasteiger partial charge < -0.3 is 4.57 Å². The molecule has 3 heteroatoms. The van der Waals surface area contributed by atoms with Gasteiger partial charge in [0.2, 0.25) is 0 Å². The number of benzene rings is 1. The highest BCUT2D eigenvalue weighted by molar-refractivity contribution is 9.10. The molecule has 0 spiro atoms. The van der Waals surface area contributed by atoms with E-state index in [1.807, 2.05) is 25.5 Å². The Morgan fingerprint density at radius 2 is 1.94 bits per heavy atom. The molecule has 0 unspecified atom stereocenters. The molecule has 0 atom stereocenters. The highest BCUT2D eigenvalue weighted by Gasteiger charge is 2.03. The van der Waals surface area contributed by atoms with Gasteiger partial charge in [-0.15, -0.1) is 0 Å². The zero-order valence-electron chi connectivity index (χ0n) is 9.39. The van der Waals surface area contributed by atoms with Crippen molar-refractivity contribution in [1.82, 2.24) is 9.55 Å². The summed E-state index contributed by atoms with van der Waals surface area (Å²) in [6.07, 6.45) is 5.83. The zero-order chi connectivity index (χ0) is 11.8. The van der Waals surface area contributed by atoms with Gasteiger partial charge in [0.15, 0.2) is 0 Å². The standard InChI is InChI=1S/C14H11BrN2/c1-17-9-13(7-14(17)15)10-2-3-12-8-16-5-4-11(12)6-10/h2-9H,1H3. The maximum Gasteiger partial charge on any atom is 0.0850 e. The third-order valence-electron chi connectivity index (χ3n) is 2.92. The Morgan fingerprint density at radius 1 is 1.06 bits per heavy atom. The quantitative estimate of drug-likeness (QED) is 0.661. The van der Waals surface area contributed by atoms with Crippen LogP contribution in [0.15, 0.2) is 53.5 Å². The highest BCUT2D eigenvalue weighted by atomic mass is 79.9. The molecule has 0 amide bonds. The summed E-state index contributed by atoms with van der Waals surface area (Å²) < 4.78 is 3.15. The molecule has 17 heavy (non-hydrogen) atoms. The molecule has 0 radical (unpaired) electrons. The molecule has 2 nitrogen and oxygen atoms in total. The van der Waals surface area contributed by atoms with E-state index in [4.69, 9.17) is 0 Å². The van der Waals surface area contributed by atoms with Gasteiger partial charge in [-0.1, -0.05) is 12.1 Å². The van der Waals surface area contributed by atoms with Crippen LogP contribution in [0.4, 0.5) is 0 Å². The zero-order valence-corrected chi connectivity index (χ0v) is 11.0. The predicted molar refractivity (Wildman–Crippen MR) is 73.9 cm³/mol. The van der Waals surface area contributed by atoms with Crippen LogP contribution < -0.4 is 0 Å². The van der Waals surface area contributed by atoms with Gasteiger partial charge >= 0.3 is 0 Å². The Balaban J connectivity index is 2.17. The fraction of sp³-hybridized carbons (Fsp3) is 0.0714. The van der Waals surface area contributed by atoms with Crippen LogP contribution in [0.5, 0.6) is 0 Å². The summed E-state index contributed by atoms with van der Waals surface area (Å²) in [5.41, 5.74) is 2.45. The normalized spacial score (nSPS) is 10.9. The minimum Gasteiger partial charge on any atom is -0.345 e. The van der Waals surface area contributed by atoms with Crippen molar-refractivity contribution >= 4 is 26.7 Å². The van der Waals surface area contributed by atoms with E-state index < -0.39 is 0 Å². The average molecular weight is 287 g/mol. The first-order valence-electron chi connectivity index (χ1n) is 5.40. The minimum atomic E-state index is 1.09. The number of hydrogen-bond donors (Lipinski definition) is 0. The van der Waals surface area contributed by atoms with Crippen LogP contribution in [0, 0.1) is 0 Å². The number of hydrogen-bond acceptors (Lipinski definition) is 1. The topological polar surface area (TPSA) is 17.8 Å². The van der Waals surface area contributed by atoms with E-state index in [1.54, 1.807) is 0 Å². The van der Waals surface area contributed by atoms with Crippen LogP contribution in [0.2, 0.25) is 0 Å². The maximum absolute atomic E-state index is 4.12. The number of aryl methyl sites for hydroxylation is 1. The van der Waals surface area contributed by atoms with Crippen LogP contribution in [0.25, 0.3) is 21.9 Å². The van der Waals surface area contributed by atoms with Crippen molar-refractivity contribution in [2.45, 2.75) is 0 Å². The van der Waals surface area contributed by atoms with Gasteiger partial charge in [0.05, 0.1) is 4.60 Å². The second kappa shape index (κ2) is 4.00. The van der Waals surface area contributed by atoms with E-state index >= 15 is 0 Å². The summed E-state index contributed by atoms with van der Waals surface area (Å²) >= 11 is 3.52. The van der Waals surface area contributed by atoms with Crippen molar-refractivity contribution in [2.75, 3.05) is 0 Å². The number of fused-ring (bicyclic) bond motifs is 1. The Bertz CT molecular complexity index is 666. The molecule has 2 heterocycles. The lowest BCUT2D eigenvalue weighted by Crippen LogP contribution is -1.82. The monoisotopic (exact) mass is 286 g/mol. The van der Waals surface area contributed by atoms with E-state index in [-0.39, 0.29) is 0 Å². The Morgan fingerprint density at radius 3 is 2.71 bits per heavy atom. The summed E-state index contributed by atoms with van der Waals surface area (Å²) in [6, 6.07) is 10.6. The summed E-state index contributed by atoms with van der Waals surface area (Å²) in [7, 11) is 2.03. The molecule has 0 fully saturated rings. The van der Waals surface area contributed by atoms with Gasteiger partial charge in [0.25, 0.3) is 0 Å². The Kier molecular flexibility index (Phi) is 2.48. The highest BCUT2D eigenvalue weighted by Crippen LogP contribution is 2.27. The maximum atomic E-state index is 4.12. The minimum absolute atomic E-state index is 1.09. The van der Waals surface area contributed by atoms with Crippen molar-refractivity contribution < 1.29 is 0 Å². The first kappa shape index (κ1) is 10.5. The van der Waals surface area contributed by atoms with Crippen LogP contribution in [-0.4, -0.2) is 9.55 Å². The van der Waals surface area contributed by atoms with E-state index in [9.17, 15) is 0 Å². The number of aromatic nitrogens is 2. The van der Waals surface area contributed by atoms with E-state index in [0.29, 0.717) is 0 Å². The second-order valence-electron chi connectivity index (χ2n) is 4.10. The van der Waals surface area contributed by atoms with Gasteiger partial charge in [0.1, 0.15) is 0 Å². The number of nitrogens with zero attached hydrogens (tertiary/aromatic N) is 2. The summed E-state index contributed by atoms with van der Waals surface area (Å²) in [5.74, 6) is 0. The van der Waals surface area contributed by atoms with E-state index in [1.165, 1.54) is 21.9 Å². The molecule has 1 aromatic carbocycles. The van der Waals surface area contributed by atoms with Gasteiger partial charge in [-0.2, -0.15) is 0 Å². The lowest BCUT2D eigenvalue weighted by atomic mass is 10.1. The Labute approximate surface area is 108 Å². The molecule has 3 aromatic rings. The van der Waals surface area contributed by atoms with Crippen molar-refractivity contribution in [3.05, 3.63) is 53.5 Å². The molecule has 2 aromatic heterocycles. The van der Waals surface area contributed by atoms with Crippen molar-refractivity contribution in [3.8, 4) is 11.1 Å². The fourth-order valence-electron chi connectivity index (χ4n) is 1.96. The summed E-state index contributed by atoms with van der Waals surface area (Å²) in [5, 5.41) is 2.39. The number of pyridine rings is 1. The number of rotatable bonds is 1. The predicted octanol–water partition coefficient (Wildman–Crippen LogP) is 4.00. The molecule has 0 saturated carbocycles. The van der Waals surface area contributed by atoms with Gasteiger partial charge in [-0.05, 0) is 45.1 Å². The van der Waals surface area contributed by atoms with Gasteiger partial charge in [-0.25, -0.2) is 0 Å². The molecule has 84 valence electrons. The molecule has 3 rings (SSSR count). The van der Waals surface area contributed by atoms with Crippen molar-refractivity contribution in [3.63, 3.8) is 0 Å². The molecule has 0 aliphatic heterocycles. The molecule has 0 aliphatic rings. The largest absolute Gasteiger partial charge is 0.345 e. The number of halogens is 1. The van der Waals surface area contributed by atoms with Crippen LogP contribution in [0.1, 0.15) is 0 Å². The van der Waals surface area contributed by atoms with E-state index in [0.717, 1.165) is 4.60 Å². The third-order valence-corrected chi connectivity index (χ3v) is 3.71. The smallest absolute Gasteiger partial charge is 0.0850 e. The first-order valence-corrected chi connectivity index (χ1v) is 6.19. The fourth-order valence-corrected chi connectivity index (χ4v) is 2.31. The summed E-state index contributed by atoms with van der Waals surface area (Å²) in [4.78, 5) is 4.12. The van der Waals surface area contributed by atoms with Crippen LogP contribution >= 0.6 is 15.9 Å². The molecular formula is C14H11BrN2. The Hall–Kier alpha value is -1.61. The molecule has 0 aliphatic carbocycles. The molecular weight excluding hydrogens is 276 g/mol. The van der Waals surface area contributed by atoms with Gasteiger partial charge in [0, 0.05) is 36.6 Å². The first-order chi connectivity index (χ1) is 8.24. The molecule has 0 N–H and O–H groups in total. The average Bonchev–Trinajstić information content (AvgIpc) is 2.69. The second-order valence-corrected chi connectivity index (χ2v) is 4.91. The van der Waals surface area contributed by atoms with Crippen LogP contribution in [0.3, 0.4) is 0 Å². The molecule has 0 bridgehead atoms. The SMILES string of the molecule is Cn1cc(-c2ccc3cnccc3c2)cc1Br. The third kappa shape index (κ3) is 1.87. The van der Waals surface area contributed by atoms with Gasteiger partial charge in [-0.3, -0.25) is 4.98 Å². The summed E-state index contributed by atoms with van der Waals surface area (Å²) in [6.45, 7) is 0. The van der Waals surface area contributed by atoms with Crippen LogP contribution in [-0.2, 0) is 7.05 Å². The van der Waals surface area contributed by atoms with Crippen molar-refractivity contribution in [1.29, 1.82) is 0 Å². The lowest BCUT2D eigenvalue weighted by molar-refractivity contribution is 0.902.